The molecule has 1 heteroatoms. The first-order valence-corrected chi connectivity index (χ1v) is 3.40. The summed E-state index contributed by atoms with van der Waals surface area (Å²) in [4.78, 5) is 0. The van der Waals surface area contributed by atoms with Gasteiger partial charge in [-0.05, 0) is 24.1 Å². The molecule has 0 aromatic heterocycles. The summed E-state index contributed by atoms with van der Waals surface area (Å²) >= 11 is 0. The van der Waals surface area contributed by atoms with Gasteiger partial charge in [0.25, 0.3) is 0 Å². The number of hydrogen-bond acceptors (Lipinski definition) is 1. The quantitative estimate of drug-likeness (QED) is 0.592. The summed E-state index contributed by atoms with van der Waals surface area (Å²) in [6, 6.07) is 9.58. The molecule has 1 aromatic carbocycles. The summed E-state index contributed by atoms with van der Waals surface area (Å²) < 4.78 is 0. The van der Waals surface area contributed by atoms with Crippen LogP contribution in [0.4, 0.5) is 0 Å². The fourth-order valence-electron chi connectivity index (χ4n) is 0.953. The molecule has 0 fully saturated rings. The Morgan fingerprint density at radius 3 is 2.55 bits per heavy atom. The Morgan fingerprint density at radius 1 is 1.45 bits per heavy atom. The van der Waals surface area contributed by atoms with Crippen molar-refractivity contribution in [3.05, 3.63) is 42.0 Å². The number of hydrogen-bond donors (Lipinski definition) is 0. The lowest BCUT2D eigenvalue weighted by Crippen LogP contribution is -1.83. The Balaban J connectivity index is 3.26. The van der Waals surface area contributed by atoms with Crippen LogP contribution in [0.15, 0.2) is 30.8 Å². The largest absolute Gasteiger partial charge is 0.192 e. The van der Waals surface area contributed by atoms with Crippen molar-refractivity contribution in [3.8, 4) is 6.07 Å². The fourth-order valence-corrected chi connectivity index (χ4v) is 0.953. The van der Waals surface area contributed by atoms with E-state index in [1.54, 1.807) is 6.07 Å². The van der Waals surface area contributed by atoms with E-state index in [0.29, 0.717) is 5.56 Å². The van der Waals surface area contributed by atoms with Gasteiger partial charge < -0.3 is 0 Å². The maximum absolute atomic E-state index is 8.68. The minimum Gasteiger partial charge on any atom is -0.192 e. The van der Waals surface area contributed by atoms with Crippen molar-refractivity contribution in [1.82, 2.24) is 0 Å². The van der Waals surface area contributed by atoms with Crippen LogP contribution in [0.5, 0.6) is 0 Å². The Kier molecular flexibility index (Phi) is 2.08. The van der Waals surface area contributed by atoms with E-state index in [1.165, 1.54) is 0 Å². The lowest BCUT2D eigenvalue weighted by molar-refractivity contribution is 1.45. The molecule has 1 rings (SSSR count). The van der Waals surface area contributed by atoms with Gasteiger partial charge in [0.15, 0.2) is 0 Å². The zero-order chi connectivity index (χ0) is 8.27. The van der Waals surface area contributed by atoms with E-state index < -0.39 is 0 Å². The zero-order valence-corrected chi connectivity index (χ0v) is 6.46. The molecule has 1 nitrogen and oxygen atoms in total. The van der Waals surface area contributed by atoms with E-state index in [1.807, 2.05) is 25.1 Å². The summed E-state index contributed by atoms with van der Waals surface area (Å²) in [5, 5.41) is 8.68. The topological polar surface area (TPSA) is 23.8 Å². The van der Waals surface area contributed by atoms with Crippen molar-refractivity contribution in [3.63, 3.8) is 0 Å². The SMILES string of the molecule is C=C(C)c1ccccc1C#N. The van der Waals surface area contributed by atoms with Gasteiger partial charge in [0.2, 0.25) is 0 Å². The second-order valence-corrected chi connectivity index (χ2v) is 2.44. The van der Waals surface area contributed by atoms with Gasteiger partial charge in [0, 0.05) is 0 Å². The zero-order valence-electron chi connectivity index (χ0n) is 6.46. The van der Waals surface area contributed by atoms with Gasteiger partial charge in [0.1, 0.15) is 0 Å². The molecule has 0 unspecified atom stereocenters. The van der Waals surface area contributed by atoms with Crippen molar-refractivity contribution in [2.75, 3.05) is 0 Å². The van der Waals surface area contributed by atoms with Crippen LogP contribution in [-0.2, 0) is 0 Å². The molecule has 0 amide bonds. The van der Waals surface area contributed by atoms with Crippen LogP contribution in [0.3, 0.4) is 0 Å². The van der Waals surface area contributed by atoms with Gasteiger partial charge in [-0.3, -0.25) is 0 Å². The monoisotopic (exact) mass is 143 g/mol. The molecular weight excluding hydrogens is 134 g/mol. The van der Waals surface area contributed by atoms with Crippen LogP contribution >= 0.6 is 0 Å². The third kappa shape index (κ3) is 1.47. The molecule has 0 atom stereocenters. The highest BCUT2D eigenvalue weighted by molar-refractivity contribution is 5.66. The molecule has 0 N–H and O–H groups in total. The third-order valence-electron chi connectivity index (χ3n) is 1.51. The minimum atomic E-state index is 0.694. The molecule has 0 heterocycles. The Morgan fingerprint density at radius 2 is 2.09 bits per heavy atom. The van der Waals surface area contributed by atoms with Gasteiger partial charge in [-0.15, -0.1) is 0 Å². The molecule has 1 aromatic rings. The van der Waals surface area contributed by atoms with E-state index in [9.17, 15) is 0 Å². The number of allylic oxidation sites excluding steroid dienone is 1. The Bertz CT molecular complexity index is 318. The van der Waals surface area contributed by atoms with Gasteiger partial charge in [-0.2, -0.15) is 5.26 Å². The molecule has 0 aliphatic heterocycles. The summed E-state index contributed by atoms with van der Waals surface area (Å²) in [7, 11) is 0. The highest BCUT2D eigenvalue weighted by Gasteiger charge is 1.98. The minimum absolute atomic E-state index is 0.694. The maximum atomic E-state index is 8.68. The van der Waals surface area contributed by atoms with E-state index >= 15 is 0 Å². The third-order valence-corrected chi connectivity index (χ3v) is 1.51. The van der Waals surface area contributed by atoms with Gasteiger partial charge in [0.05, 0.1) is 11.6 Å². The summed E-state index contributed by atoms with van der Waals surface area (Å²) in [5.74, 6) is 0. The fraction of sp³-hybridized carbons (Fsp3) is 0.100. The lowest BCUT2D eigenvalue weighted by Gasteiger charge is -1.99. The molecule has 0 spiro atoms. The molecule has 0 saturated heterocycles. The predicted molar refractivity (Wildman–Crippen MR) is 45.9 cm³/mol. The van der Waals surface area contributed by atoms with E-state index in [-0.39, 0.29) is 0 Å². The Hall–Kier alpha value is -1.55. The smallest absolute Gasteiger partial charge is 0.0998 e. The first-order chi connectivity index (χ1) is 5.25. The van der Waals surface area contributed by atoms with Crippen LogP contribution in [0.1, 0.15) is 18.1 Å². The van der Waals surface area contributed by atoms with E-state index in [0.717, 1.165) is 11.1 Å². The van der Waals surface area contributed by atoms with E-state index in [2.05, 4.69) is 12.6 Å². The van der Waals surface area contributed by atoms with Crippen LogP contribution in [0.25, 0.3) is 5.57 Å². The van der Waals surface area contributed by atoms with Crippen LogP contribution in [0.2, 0.25) is 0 Å². The summed E-state index contributed by atoms with van der Waals surface area (Å²) in [6.07, 6.45) is 0. The molecule has 0 radical (unpaired) electrons. The standard InChI is InChI=1S/C10H9N/c1-8(2)10-6-4-3-5-9(10)7-11/h3-6H,1H2,2H3. The number of nitrogens with zero attached hydrogens (tertiary/aromatic N) is 1. The maximum Gasteiger partial charge on any atom is 0.0998 e. The molecule has 0 saturated carbocycles. The number of rotatable bonds is 1. The second-order valence-electron chi connectivity index (χ2n) is 2.44. The molecule has 11 heavy (non-hydrogen) atoms. The van der Waals surface area contributed by atoms with Gasteiger partial charge in [-0.25, -0.2) is 0 Å². The number of benzene rings is 1. The van der Waals surface area contributed by atoms with Gasteiger partial charge >= 0.3 is 0 Å². The van der Waals surface area contributed by atoms with Crippen molar-refractivity contribution < 1.29 is 0 Å². The molecule has 0 bridgehead atoms. The number of nitriles is 1. The van der Waals surface area contributed by atoms with Crippen LogP contribution < -0.4 is 0 Å². The Labute approximate surface area is 66.6 Å². The first kappa shape index (κ1) is 7.56. The average molecular weight is 143 g/mol. The normalized spacial score (nSPS) is 8.73. The van der Waals surface area contributed by atoms with E-state index in [4.69, 9.17) is 5.26 Å². The van der Waals surface area contributed by atoms with Crippen molar-refractivity contribution in [2.24, 2.45) is 0 Å². The van der Waals surface area contributed by atoms with Crippen LogP contribution in [-0.4, -0.2) is 0 Å². The molecule has 54 valence electrons. The van der Waals surface area contributed by atoms with Crippen molar-refractivity contribution in [2.45, 2.75) is 6.92 Å². The van der Waals surface area contributed by atoms with Crippen molar-refractivity contribution in [1.29, 1.82) is 5.26 Å². The van der Waals surface area contributed by atoms with Gasteiger partial charge in [-0.1, -0.05) is 24.8 Å². The highest BCUT2D eigenvalue weighted by Crippen LogP contribution is 2.15. The van der Waals surface area contributed by atoms with Crippen molar-refractivity contribution >= 4 is 5.57 Å². The highest BCUT2D eigenvalue weighted by atomic mass is 14.2. The van der Waals surface area contributed by atoms with Crippen LogP contribution in [0, 0.1) is 11.3 Å². The summed E-state index contributed by atoms with van der Waals surface area (Å²) in [6.45, 7) is 5.68. The summed E-state index contributed by atoms with van der Waals surface area (Å²) in [5.41, 5.74) is 2.57. The lowest BCUT2D eigenvalue weighted by atomic mass is 10.0. The second kappa shape index (κ2) is 3.03. The molecule has 0 aliphatic rings. The first-order valence-electron chi connectivity index (χ1n) is 3.40. The predicted octanol–water partition coefficient (Wildman–Crippen LogP) is 2.59. The average Bonchev–Trinajstić information content (AvgIpc) is 2.04. The molecular formula is C10H9N. The molecule has 0 aliphatic carbocycles.